The van der Waals surface area contributed by atoms with E-state index in [1.165, 1.54) is 6.07 Å². The van der Waals surface area contributed by atoms with Crippen molar-refractivity contribution in [3.8, 4) is 0 Å². The van der Waals surface area contributed by atoms with Gasteiger partial charge in [0.1, 0.15) is 0 Å². The molecular weight excluding hydrogens is 317 g/mol. The highest BCUT2D eigenvalue weighted by atomic mass is 35.5. The van der Waals surface area contributed by atoms with Crippen LogP contribution in [-0.2, 0) is 11.0 Å². The smallest absolute Gasteiger partial charge is 0.315 e. The van der Waals surface area contributed by atoms with Crippen molar-refractivity contribution in [3.63, 3.8) is 0 Å². The number of rotatable bonds is 2. The second kappa shape index (κ2) is 5.63. The van der Waals surface area contributed by atoms with Crippen molar-refractivity contribution in [1.82, 2.24) is 4.90 Å². The lowest BCUT2D eigenvalue weighted by Gasteiger charge is -2.25. The van der Waals surface area contributed by atoms with E-state index in [2.05, 4.69) is 0 Å². The Bertz CT molecular complexity index is 597. The molecule has 1 aromatic rings. The van der Waals surface area contributed by atoms with E-state index in [4.69, 9.17) is 11.6 Å². The van der Waals surface area contributed by atoms with Crippen LogP contribution in [0.4, 0.5) is 22.0 Å². The van der Waals surface area contributed by atoms with Gasteiger partial charge in [0.25, 0.3) is 0 Å². The first kappa shape index (κ1) is 15.8. The highest BCUT2D eigenvalue weighted by molar-refractivity contribution is 6.31. The minimum atomic E-state index is -4.66. The normalized spacial score (nSPS) is 16.4. The molecule has 1 aliphatic heterocycles. The van der Waals surface area contributed by atoms with E-state index >= 15 is 0 Å². The number of allylic oxidation sites excluding steroid dienone is 1. The largest absolute Gasteiger partial charge is 0.417 e. The van der Waals surface area contributed by atoms with Gasteiger partial charge in [-0.2, -0.15) is 22.0 Å². The standard InChI is InChI=1S/C13H9ClF5NO/c14-11-2-1-7(4-10(11)13(17,18)19)8-3-9(21)6-20(5-8)12(15)16/h1-2,4-5,12H,3,6H2. The van der Waals surface area contributed by atoms with E-state index in [1.54, 1.807) is 0 Å². The van der Waals surface area contributed by atoms with Crippen molar-refractivity contribution in [2.45, 2.75) is 19.1 Å². The molecule has 0 fully saturated rings. The Labute approximate surface area is 121 Å². The second-order valence-electron chi connectivity index (χ2n) is 4.51. The molecule has 0 N–H and O–H groups in total. The number of carbonyl (C=O) groups is 1. The fourth-order valence-electron chi connectivity index (χ4n) is 2.01. The Morgan fingerprint density at radius 1 is 1.24 bits per heavy atom. The number of ketones is 1. The summed E-state index contributed by atoms with van der Waals surface area (Å²) in [6.07, 6.45) is -3.84. The van der Waals surface area contributed by atoms with E-state index < -0.39 is 35.6 Å². The number of carbonyl (C=O) groups excluding carboxylic acids is 1. The molecule has 0 saturated carbocycles. The molecule has 2 nitrogen and oxygen atoms in total. The summed E-state index contributed by atoms with van der Waals surface area (Å²) in [7, 11) is 0. The fourth-order valence-corrected chi connectivity index (χ4v) is 2.23. The van der Waals surface area contributed by atoms with E-state index in [0.717, 1.165) is 18.3 Å². The highest BCUT2D eigenvalue weighted by Gasteiger charge is 2.34. The maximum atomic E-state index is 12.8. The Morgan fingerprint density at radius 3 is 2.48 bits per heavy atom. The van der Waals surface area contributed by atoms with Crippen molar-refractivity contribution < 1.29 is 26.7 Å². The van der Waals surface area contributed by atoms with Crippen LogP contribution in [0.5, 0.6) is 0 Å². The third-order valence-electron chi connectivity index (χ3n) is 2.96. The first-order chi connectivity index (χ1) is 9.68. The summed E-state index contributed by atoms with van der Waals surface area (Å²) in [5.41, 5.74) is -0.914. The molecule has 0 radical (unpaired) electrons. The predicted molar refractivity (Wildman–Crippen MR) is 66.8 cm³/mol. The average Bonchev–Trinajstić information content (AvgIpc) is 2.37. The molecule has 1 heterocycles. The summed E-state index contributed by atoms with van der Waals surface area (Å²) >= 11 is 5.49. The number of Topliss-reactive ketones (excluding diaryl/α,β-unsaturated/α-hetero) is 1. The minimum Gasteiger partial charge on any atom is -0.315 e. The minimum absolute atomic E-state index is 0.0467. The van der Waals surface area contributed by atoms with Crippen LogP contribution < -0.4 is 0 Å². The van der Waals surface area contributed by atoms with Crippen LogP contribution in [0.25, 0.3) is 5.57 Å². The lowest BCUT2D eigenvalue weighted by molar-refractivity contribution is -0.137. The van der Waals surface area contributed by atoms with E-state index in [9.17, 15) is 26.7 Å². The van der Waals surface area contributed by atoms with Crippen molar-refractivity contribution in [2.24, 2.45) is 0 Å². The number of hydrogen-bond acceptors (Lipinski definition) is 2. The van der Waals surface area contributed by atoms with Crippen LogP contribution >= 0.6 is 11.6 Å². The molecule has 1 aromatic carbocycles. The monoisotopic (exact) mass is 325 g/mol. The van der Waals surface area contributed by atoms with Gasteiger partial charge >= 0.3 is 12.7 Å². The van der Waals surface area contributed by atoms with Gasteiger partial charge in [-0.25, -0.2) is 0 Å². The molecule has 8 heteroatoms. The lowest BCUT2D eigenvalue weighted by Crippen LogP contribution is -2.33. The van der Waals surface area contributed by atoms with Gasteiger partial charge in [0, 0.05) is 12.6 Å². The number of alkyl halides is 5. The summed E-state index contributed by atoms with van der Waals surface area (Å²) in [4.78, 5) is 11.9. The van der Waals surface area contributed by atoms with E-state index in [0.29, 0.717) is 4.90 Å². The van der Waals surface area contributed by atoms with Crippen molar-refractivity contribution in [1.29, 1.82) is 0 Å². The van der Waals surface area contributed by atoms with Crippen molar-refractivity contribution >= 4 is 23.0 Å². The third-order valence-corrected chi connectivity index (χ3v) is 3.29. The molecule has 0 bridgehead atoms. The molecule has 0 atom stereocenters. The molecule has 114 valence electrons. The van der Waals surface area contributed by atoms with Crippen LogP contribution in [0.15, 0.2) is 24.4 Å². The first-order valence-electron chi connectivity index (χ1n) is 5.82. The second-order valence-corrected chi connectivity index (χ2v) is 4.92. The SMILES string of the molecule is O=C1CC(c2ccc(Cl)c(C(F)(F)F)c2)=CN(C(F)F)C1. The zero-order valence-electron chi connectivity index (χ0n) is 10.4. The molecule has 0 saturated heterocycles. The predicted octanol–water partition coefficient (Wildman–Crippen LogP) is 4.20. The van der Waals surface area contributed by atoms with E-state index in [-0.39, 0.29) is 17.6 Å². The van der Waals surface area contributed by atoms with Gasteiger partial charge in [-0.15, -0.1) is 0 Å². The van der Waals surface area contributed by atoms with Gasteiger partial charge in [0.05, 0.1) is 17.1 Å². The highest BCUT2D eigenvalue weighted by Crippen LogP contribution is 2.37. The number of benzene rings is 1. The first-order valence-corrected chi connectivity index (χ1v) is 6.19. The van der Waals surface area contributed by atoms with Gasteiger partial charge in [0.2, 0.25) is 0 Å². The van der Waals surface area contributed by atoms with E-state index in [1.807, 2.05) is 0 Å². The lowest BCUT2D eigenvalue weighted by atomic mass is 9.97. The Morgan fingerprint density at radius 2 is 1.90 bits per heavy atom. The summed E-state index contributed by atoms with van der Waals surface area (Å²) < 4.78 is 63.6. The average molecular weight is 326 g/mol. The summed E-state index contributed by atoms with van der Waals surface area (Å²) in [6.45, 7) is -3.35. The zero-order valence-corrected chi connectivity index (χ0v) is 11.2. The number of halogens is 6. The van der Waals surface area contributed by atoms with Crippen LogP contribution in [-0.4, -0.2) is 23.8 Å². The summed E-state index contributed by atoms with van der Waals surface area (Å²) in [5.74, 6) is -0.490. The van der Waals surface area contributed by atoms with Crippen LogP contribution in [0.1, 0.15) is 17.5 Å². The summed E-state index contributed by atoms with van der Waals surface area (Å²) in [5, 5.41) is -0.486. The molecule has 0 aromatic heterocycles. The van der Waals surface area contributed by atoms with Gasteiger partial charge < -0.3 is 4.90 Å². The van der Waals surface area contributed by atoms with Gasteiger partial charge in [-0.05, 0) is 23.3 Å². The molecule has 0 spiro atoms. The Kier molecular flexibility index (Phi) is 4.22. The topological polar surface area (TPSA) is 20.3 Å². The fraction of sp³-hybridized carbons (Fsp3) is 0.308. The van der Waals surface area contributed by atoms with Gasteiger partial charge in [0.15, 0.2) is 5.78 Å². The number of hydrogen-bond donors (Lipinski definition) is 0. The van der Waals surface area contributed by atoms with Crippen LogP contribution in [0.2, 0.25) is 5.02 Å². The molecular formula is C13H9ClF5NO. The van der Waals surface area contributed by atoms with Gasteiger partial charge in [-0.1, -0.05) is 17.7 Å². The van der Waals surface area contributed by atoms with Crippen LogP contribution in [0.3, 0.4) is 0 Å². The van der Waals surface area contributed by atoms with Crippen LogP contribution in [0, 0.1) is 0 Å². The van der Waals surface area contributed by atoms with Gasteiger partial charge in [-0.3, -0.25) is 4.79 Å². The molecule has 0 aliphatic carbocycles. The molecule has 0 unspecified atom stereocenters. The van der Waals surface area contributed by atoms with Crippen molar-refractivity contribution in [2.75, 3.05) is 6.54 Å². The third kappa shape index (κ3) is 3.53. The molecule has 21 heavy (non-hydrogen) atoms. The maximum Gasteiger partial charge on any atom is 0.417 e. The molecule has 1 aliphatic rings. The Balaban J connectivity index is 2.44. The Hall–Kier alpha value is -1.63. The zero-order chi connectivity index (χ0) is 15.8. The molecule has 0 amide bonds. The maximum absolute atomic E-state index is 12.8. The number of nitrogens with zero attached hydrogens (tertiary/aromatic N) is 1. The summed E-state index contributed by atoms with van der Waals surface area (Å²) in [6, 6.07) is 3.06. The molecule has 2 rings (SSSR count). The van der Waals surface area contributed by atoms with Crippen molar-refractivity contribution in [3.05, 3.63) is 40.5 Å². The quantitative estimate of drug-likeness (QED) is 0.600.